The van der Waals surface area contributed by atoms with E-state index < -0.39 is 15.3 Å². The van der Waals surface area contributed by atoms with Crippen LogP contribution in [0.25, 0.3) is 0 Å². The van der Waals surface area contributed by atoms with E-state index in [1.165, 1.54) is 0 Å². The Labute approximate surface area is 173 Å². The minimum absolute atomic E-state index is 0.0141. The number of amides is 1. The first kappa shape index (κ1) is 21.6. The van der Waals surface area contributed by atoms with Gasteiger partial charge in [0.15, 0.2) is 0 Å². The quantitative estimate of drug-likeness (QED) is 0.745. The maximum Gasteiger partial charge on any atom is 0.255 e. The summed E-state index contributed by atoms with van der Waals surface area (Å²) in [5.74, 6) is 0.995. The highest BCUT2D eigenvalue weighted by Crippen LogP contribution is 2.23. The van der Waals surface area contributed by atoms with Crippen molar-refractivity contribution in [3.63, 3.8) is 0 Å². The molecule has 1 saturated heterocycles. The number of furan rings is 1. The highest BCUT2D eigenvalue weighted by Gasteiger charge is 2.28. The molecule has 0 radical (unpaired) electrons. The van der Waals surface area contributed by atoms with Crippen LogP contribution in [-0.4, -0.2) is 48.7 Å². The maximum absolute atomic E-state index is 13.2. The molecule has 3 heterocycles. The third-order valence-corrected chi connectivity index (χ3v) is 7.51. The molecule has 1 amide bonds. The van der Waals surface area contributed by atoms with Crippen LogP contribution in [0.5, 0.6) is 0 Å². The molecule has 7 nitrogen and oxygen atoms in total. The van der Waals surface area contributed by atoms with E-state index in [0.717, 1.165) is 30.0 Å². The molecule has 1 fully saturated rings. The predicted octanol–water partition coefficient (Wildman–Crippen LogP) is 2.93. The molecule has 2 aromatic rings. The molecular weight excluding hydrogens is 390 g/mol. The molecule has 0 saturated carbocycles. The number of piperidine rings is 1. The summed E-state index contributed by atoms with van der Waals surface area (Å²) in [6, 6.07) is 5.72. The average Bonchev–Trinajstić information content (AvgIpc) is 3.30. The number of rotatable bonds is 7. The Kier molecular flexibility index (Phi) is 6.53. The van der Waals surface area contributed by atoms with E-state index in [1.54, 1.807) is 20.1 Å². The van der Waals surface area contributed by atoms with Crippen LogP contribution in [0.15, 0.2) is 28.9 Å². The fraction of sp³-hybridized carbons (Fsp3) is 0.571. The van der Waals surface area contributed by atoms with E-state index in [1.807, 2.05) is 36.9 Å². The van der Waals surface area contributed by atoms with E-state index >= 15 is 0 Å². The van der Waals surface area contributed by atoms with Crippen molar-refractivity contribution in [3.8, 4) is 0 Å². The molecule has 1 atom stereocenters. The zero-order valence-electron chi connectivity index (χ0n) is 17.6. The molecule has 1 aliphatic rings. The van der Waals surface area contributed by atoms with E-state index in [-0.39, 0.29) is 11.8 Å². The van der Waals surface area contributed by atoms with Gasteiger partial charge in [-0.15, -0.1) is 0 Å². The highest BCUT2D eigenvalue weighted by molar-refractivity contribution is 7.90. The third-order valence-electron chi connectivity index (χ3n) is 5.70. The van der Waals surface area contributed by atoms with Crippen molar-refractivity contribution in [2.24, 2.45) is 5.92 Å². The van der Waals surface area contributed by atoms with E-state index in [9.17, 15) is 13.2 Å². The van der Waals surface area contributed by atoms with Gasteiger partial charge in [0.05, 0.1) is 23.6 Å². The molecule has 0 aliphatic carbocycles. The van der Waals surface area contributed by atoms with Crippen molar-refractivity contribution in [3.05, 3.63) is 47.2 Å². The number of nitrogens with one attached hydrogen (secondary N) is 1. The number of aryl methyl sites for hydroxylation is 1. The summed E-state index contributed by atoms with van der Waals surface area (Å²) in [5, 5.41) is -0.455. The van der Waals surface area contributed by atoms with Crippen molar-refractivity contribution in [1.29, 1.82) is 0 Å². The van der Waals surface area contributed by atoms with Gasteiger partial charge in [-0.2, -0.15) is 0 Å². The molecule has 1 aliphatic heterocycles. The first-order valence-corrected chi connectivity index (χ1v) is 11.7. The Balaban J connectivity index is 1.68. The number of hydrogen-bond acceptors (Lipinski definition) is 4. The van der Waals surface area contributed by atoms with Crippen molar-refractivity contribution < 1.29 is 17.6 Å². The van der Waals surface area contributed by atoms with Crippen LogP contribution in [0.4, 0.5) is 0 Å². The number of hydrogen-bond donors (Lipinski definition) is 1. The number of carbonyl (C=O) groups is 1. The van der Waals surface area contributed by atoms with Crippen molar-refractivity contribution in [2.45, 2.75) is 52.3 Å². The molecule has 0 bridgehead atoms. The lowest BCUT2D eigenvalue weighted by Crippen LogP contribution is -2.44. The van der Waals surface area contributed by atoms with Gasteiger partial charge in [0, 0.05) is 31.0 Å². The summed E-state index contributed by atoms with van der Waals surface area (Å²) in [5.41, 5.74) is 2.64. The molecule has 0 aromatic carbocycles. The molecule has 8 heteroatoms. The topological polar surface area (TPSA) is 84.5 Å². The highest BCUT2D eigenvalue weighted by atomic mass is 32.2. The Morgan fingerprint density at radius 1 is 1.34 bits per heavy atom. The van der Waals surface area contributed by atoms with Crippen LogP contribution < -0.4 is 4.72 Å². The summed E-state index contributed by atoms with van der Waals surface area (Å²) < 4.78 is 34.3. The van der Waals surface area contributed by atoms with E-state index in [0.29, 0.717) is 31.7 Å². The zero-order valence-corrected chi connectivity index (χ0v) is 18.5. The number of carbonyl (C=O) groups excluding carboxylic acids is 1. The fourth-order valence-electron chi connectivity index (χ4n) is 3.81. The minimum Gasteiger partial charge on any atom is -0.467 e. The summed E-state index contributed by atoms with van der Waals surface area (Å²) >= 11 is 0. The van der Waals surface area contributed by atoms with Crippen molar-refractivity contribution in [2.75, 3.05) is 19.6 Å². The SMILES string of the molecule is Cc1cc(C(=O)N2CCC[C@H](CNS(=O)(=O)C(C)C)C2)c(C)n1Cc1ccco1. The number of aromatic nitrogens is 1. The van der Waals surface area contributed by atoms with Gasteiger partial charge in [-0.1, -0.05) is 0 Å². The second kappa shape index (κ2) is 8.75. The summed E-state index contributed by atoms with van der Waals surface area (Å²) in [6.45, 7) is 9.53. The monoisotopic (exact) mass is 421 g/mol. The number of sulfonamides is 1. The number of likely N-dealkylation sites (tertiary alicyclic amines) is 1. The third kappa shape index (κ3) is 4.93. The Morgan fingerprint density at radius 3 is 2.76 bits per heavy atom. The van der Waals surface area contributed by atoms with Crippen molar-refractivity contribution in [1.82, 2.24) is 14.2 Å². The van der Waals surface area contributed by atoms with Crippen LogP contribution in [0.2, 0.25) is 0 Å². The molecule has 1 N–H and O–H groups in total. The Bertz CT molecular complexity index is 945. The lowest BCUT2D eigenvalue weighted by atomic mass is 9.97. The van der Waals surface area contributed by atoms with Gasteiger partial charge in [0.2, 0.25) is 10.0 Å². The smallest absolute Gasteiger partial charge is 0.255 e. The molecule has 2 aromatic heterocycles. The van der Waals surface area contributed by atoms with Crippen LogP contribution in [0.1, 0.15) is 54.2 Å². The van der Waals surface area contributed by atoms with Gasteiger partial charge in [-0.3, -0.25) is 4.79 Å². The molecule has 0 unspecified atom stereocenters. The first-order chi connectivity index (χ1) is 13.7. The summed E-state index contributed by atoms with van der Waals surface area (Å²) in [6.07, 6.45) is 3.45. The van der Waals surface area contributed by atoms with Gasteiger partial charge < -0.3 is 13.9 Å². The van der Waals surface area contributed by atoms with Gasteiger partial charge in [-0.25, -0.2) is 13.1 Å². The van der Waals surface area contributed by atoms with Crippen LogP contribution in [0.3, 0.4) is 0 Å². The standard InChI is InChI=1S/C21H31N3O4S/c1-15(2)29(26,27)22-12-18-7-5-9-23(13-18)21(25)20-11-16(3)24(17(20)4)14-19-8-6-10-28-19/h6,8,10-11,15,18,22H,5,7,9,12-14H2,1-4H3/t18-/m1/s1. The zero-order chi connectivity index (χ0) is 21.2. The minimum atomic E-state index is -3.29. The predicted molar refractivity (Wildman–Crippen MR) is 112 cm³/mol. The van der Waals surface area contributed by atoms with Gasteiger partial charge in [0.25, 0.3) is 5.91 Å². The molecule has 0 spiro atoms. The second-order valence-electron chi connectivity index (χ2n) is 8.15. The maximum atomic E-state index is 13.2. The summed E-state index contributed by atoms with van der Waals surface area (Å²) in [4.78, 5) is 15.1. The Morgan fingerprint density at radius 2 is 2.10 bits per heavy atom. The largest absolute Gasteiger partial charge is 0.467 e. The normalized spacial score (nSPS) is 17.8. The molecule has 29 heavy (non-hydrogen) atoms. The molecule has 3 rings (SSSR count). The van der Waals surface area contributed by atoms with E-state index in [2.05, 4.69) is 9.29 Å². The van der Waals surface area contributed by atoms with Gasteiger partial charge in [0.1, 0.15) is 5.76 Å². The van der Waals surface area contributed by atoms with Crippen LogP contribution in [0, 0.1) is 19.8 Å². The second-order valence-corrected chi connectivity index (χ2v) is 10.5. The van der Waals surface area contributed by atoms with Crippen LogP contribution >= 0.6 is 0 Å². The first-order valence-electron chi connectivity index (χ1n) is 10.2. The van der Waals surface area contributed by atoms with E-state index in [4.69, 9.17) is 4.42 Å². The van der Waals surface area contributed by atoms with Crippen LogP contribution in [-0.2, 0) is 16.6 Å². The molecular formula is C21H31N3O4S. The molecule has 160 valence electrons. The summed E-state index contributed by atoms with van der Waals surface area (Å²) in [7, 11) is -3.29. The lowest BCUT2D eigenvalue weighted by Gasteiger charge is -2.33. The average molecular weight is 422 g/mol. The Hall–Kier alpha value is -2.06. The lowest BCUT2D eigenvalue weighted by molar-refractivity contribution is 0.0675. The van der Waals surface area contributed by atoms with Crippen molar-refractivity contribution >= 4 is 15.9 Å². The van der Waals surface area contributed by atoms with Gasteiger partial charge in [-0.05, 0) is 64.7 Å². The number of nitrogens with zero attached hydrogens (tertiary/aromatic N) is 2. The fourth-order valence-corrected chi connectivity index (χ4v) is 4.61. The van der Waals surface area contributed by atoms with Gasteiger partial charge >= 0.3 is 0 Å².